The maximum atomic E-state index is 12.1. The monoisotopic (exact) mass is 245 g/mol. The van der Waals surface area contributed by atoms with E-state index < -0.39 is 0 Å². The van der Waals surface area contributed by atoms with Crippen molar-refractivity contribution < 1.29 is 4.79 Å². The molecule has 0 N–H and O–H groups in total. The predicted octanol–water partition coefficient (Wildman–Crippen LogP) is 0.953. The second-order valence-corrected chi connectivity index (χ2v) is 4.09. The number of aromatic nitrogens is 4. The summed E-state index contributed by atoms with van der Waals surface area (Å²) in [5.74, 6) is 0.288. The Morgan fingerprint density at radius 3 is 2.56 bits per heavy atom. The predicted molar refractivity (Wildman–Crippen MR) is 67.1 cm³/mol. The average Bonchev–Trinajstić information content (AvgIpc) is 2.68. The number of rotatable bonds is 3. The first kappa shape index (κ1) is 12.2. The third-order valence-electron chi connectivity index (χ3n) is 2.61. The lowest BCUT2D eigenvalue weighted by Gasteiger charge is -2.15. The summed E-state index contributed by atoms with van der Waals surface area (Å²) in [6.45, 7) is 4.01. The third-order valence-corrected chi connectivity index (χ3v) is 2.61. The molecule has 0 aromatic carbocycles. The van der Waals surface area contributed by atoms with E-state index in [1.54, 1.807) is 30.2 Å². The molecule has 0 unspecified atom stereocenters. The van der Waals surface area contributed by atoms with Crippen LogP contribution < -0.4 is 4.90 Å². The minimum absolute atomic E-state index is 0.104. The SMILES string of the molecule is Cc1cc(C)n(CC(=O)N(C)c2ncccn2)n1. The highest BCUT2D eigenvalue weighted by atomic mass is 16.2. The van der Waals surface area contributed by atoms with Crippen LogP contribution in [-0.2, 0) is 11.3 Å². The van der Waals surface area contributed by atoms with Crippen LogP contribution in [0.15, 0.2) is 24.5 Å². The zero-order valence-electron chi connectivity index (χ0n) is 10.7. The van der Waals surface area contributed by atoms with E-state index >= 15 is 0 Å². The largest absolute Gasteiger partial charge is 0.282 e. The van der Waals surface area contributed by atoms with Gasteiger partial charge < -0.3 is 0 Å². The topological polar surface area (TPSA) is 63.9 Å². The number of hydrogen-bond acceptors (Lipinski definition) is 4. The number of carbonyl (C=O) groups excluding carboxylic acids is 1. The van der Waals surface area contributed by atoms with Crippen LogP contribution >= 0.6 is 0 Å². The maximum absolute atomic E-state index is 12.1. The maximum Gasteiger partial charge on any atom is 0.250 e. The van der Waals surface area contributed by atoms with Gasteiger partial charge in [-0.25, -0.2) is 9.97 Å². The van der Waals surface area contributed by atoms with Gasteiger partial charge in [0.2, 0.25) is 5.95 Å². The minimum atomic E-state index is -0.104. The molecule has 1 amide bonds. The summed E-state index contributed by atoms with van der Waals surface area (Å²) in [5.41, 5.74) is 1.86. The molecular weight excluding hydrogens is 230 g/mol. The molecule has 0 aliphatic carbocycles. The highest BCUT2D eigenvalue weighted by Crippen LogP contribution is 2.06. The molecule has 2 rings (SSSR count). The Hall–Kier alpha value is -2.24. The van der Waals surface area contributed by atoms with Gasteiger partial charge in [0.05, 0.1) is 5.69 Å². The van der Waals surface area contributed by atoms with E-state index in [0.717, 1.165) is 11.4 Å². The van der Waals surface area contributed by atoms with E-state index in [2.05, 4.69) is 15.1 Å². The summed E-state index contributed by atoms with van der Waals surface area (Å²) in [7, 11) is 1.66. The number of carbonyl (C=O) groups is 1. The fourth-order valence-electron chi connectivity index (χ4n) is 1.65. The number of amides is 1. The lowest BCUT2D eigenvalue weighted by atomic mass is 10.4. The van der Waals surface area contributed by atoms with Gasteiger partial charge in [0.1, 0.15) is 6.54 Å². The van der Waals surface area contributed by atoms with Gasteiger partial charge in [0, 0.05) is 25.1 Å². The van der Waals surface area contributed by atoms with Gasteiger partial charge in [-0.05, 0) is 26.0 Å². The Morgan fingerprint density at radius 1 is 1.33 bits per heavy atom. The van der Waals surface area contributed by atoms with Crippen LogP contribution in [0, 0.1) is 13.8 Å². The Bertz CT molecular complexity index is 549. The highest BCUT2D eigenvalue weighted by molar-refractivity contribution is 5.90. The first-order valence-corrected chi connectivity index (χ1v) is 5.62. The molecule has 0 aliphatic heterocycles. The molecule has 0 bridgehead atoms. The molecule has 0 fully saturated rings. The van der Waals surface area contributed by atoms with E-state index in [0.29, 0.717) is 5.95 Å². The summed E-state index contributed by atoms with van der Waals surface area (Å²) < 4.78 is 1.68. The van der Waals surface area contributed by atoms with Crippen molar-refractivity contribution in [3.8, 4) is 0 Å². The van der Waals surface area contributed by atoms with Crippen LogP contribution in [0.2, 0.25) is 0 Å². The van der Waals surface area contributed by atoms with Gasteiger partial charge in [0.25, 0.3) is 5.91 Å². The molecular formula is C12H15N5O. The molecule has 6 nitrogen and oxygen atoms in total. The van der Waals surface area contributed by atoms with Crippen molar-refractivity contribution in [2.75, 3.05) is 11.9 Å². The zero-order valence-corrected chi connectivity index (χ0v) is 10.7. The fraction of sp³-hybridized carbons (Fsp3) is 0.333. The second kappa shape index (κ2) is 4.95. The normalized spacial score (nSPS) is 10.4. The van der Waals surface area contributed by atoms with Crippen LogP contribution in [0.3, 0.4) is 0 Å². The highest BCUT2D eigenvalue weighted by Gasteiger charge is 2.15. The summed E-state index contributed by atoms with van der Waals surface area (Å²) in [6, 6.07) is 3.65. The van der Waals surface area contributed by atoms with Gasteiger partial charge in [-0.15, -0.1) is 0 Å². The van der Waals surface area contributed by atoms with Crippen LogP contribution in [0.25, 0.3) is 0 Å². The second-order valence-electron chi connectivity index (χ2n) is 4.09. The first-order valence-electron chi connectivity index (χ1n) is 5.62. The Morgan fingerprint density at radius 2 is 2.00 bits per heavy atom. The van der Waals surface area contributed by atoms with Crippen molar-refractivity contribution in [1.82, 2.24) is 19.7 Å². The molecule has 94 valence electrons. The Labute approximate surface area is 105 Å². The number of anilines is 1. The molecule has 0 radical (unpaired) electrons. The van der Waals surface area contributed by atoms with Crippen LogP contribution in [0.1, 0.15) is 11.4 Å². The van der Waals surface area contributed by atoms with Gasteiger partial charge in [-0.1, -0.05) is 0 Å². The molecule has 0 aliphatic rings. The average molecular weight is 245 g/mol. The Kier molecular flexibility index (Phi) is 3.36. The van der Waals surface area contributed by atoms with Crippen molar-refractivity contribution in [3.05, 3.63) is 35.9 Å². The molecule has 0 spiro atoms. The summed E-state index contributed by atoms with van der Waals surface area (Å²) in [6.07, 6.45) is 3.21. The van der Waals surface area contributed by atoms with Crippen molar-refractivity contribution in [3.63, 3.8) is 0 Å². The van der Waals surface area contributed by atoms with Gasteiger partial charge in [0.15, 0.2) is 0 Å². The number of nitrogens with zero attached hydrogens (tertiary/aromatic N) is 5. The number of hydrogen-bond donors (Lipinski definition) is 0. The van der Waals surface area contributed by atoms with E-state index in [9.17, 15) is 4.79 Å². The van der Waals surface area contributed by atoms with Gasteiger partial charge >= 0.3 is 0 Å². The van der Waals surface area contributed by atoms with Gasteiger partial charge in [-0.3, -0.25) is 14.4 Å². The molecule has 0 atom stereocenters. The lowest BCUT2D eigenvalue weighted by Crippen LogP contribution is -2.32. The summed E-state index contributed by atoms with van der Waals surface area (Å²) >= 11 is 0. The molecule has 2 heterocycles. The summed E-state index contributed by atoms with van der Waals surface area (Å²) in [4.78, 5) is 21.6. The third kappa shape index (κ3) is 2.53. The fourth-order valence-corrected chi connectivity index (χ4v) is 1.65. The van der Waals surface area contributed by atoms with Gasteiger partial charge in [-0.2, -0.15) is 5.10 Å². The molecule has 0 saturated heterocycles. The smallest absolute Gasteiger partial charge is 0.250 e. The minimum Gasteiger partial charge on any atom is -0.282 e. The Balaban J connectivity index is 2.11. The van der Waals surface area contributed by atoms with Crippen molar-refractivity contribution in [1.29, 1.82) is 0 Å². The molecule has 0 saturated carbocycles. The van der Waals surface area contributed by atoms with Crippen molar-refractivity contribution in [2.24, 2.45) is 0 Å². The van der Waals surface area contributed by atoms with Crippen molar-refractivity contribution in [2.45, 2.75) is 20.4 Å². The molecule has 2 aromatic heterocycles. The number of likely N-dealkylation sites (N-methyl/N-ethyl adjacent to an activating group) is 1. The van der Waals surface area contributed by atoms with Crippen LogP contribution in [0.4, 0.5) is 5.95 Å². The lowest BCUT2D eigenvalue weighted by molar-refractivity contribution is -0.119. The van der Waals surface area contributed by atoms with E-state index in [1.165, 1.54) is 4.90 Å². The summed E-state index contributed by atoms with van der Waals surface area (Å²) in [5, 5.41) is 4.25. The van der Waals surface area contributed by atoms with Crippen LogP contribution in [-0.4, -0.2) is 32.7 Å². The van der Waals surface area contributed by atoms with E-state index in [-0.39, 0.29) is 12.5 Å². The van der Waals surface area contributed by atoms with Crippen LogP contribution in [0.5, 0.6) is 0 Å². The quantitative estimate of drug-likeness (QED) is 0.807. The first-order chi connectivity index (χ1) is 8.58. The van der Waals surface area contributed by atoms with Crippen molar-refractivity contribution >= 4 is 11.9 Å². The standard InChI is InChI=1S/C12H15N5O/c1-9-7-10(2)17(15-9)8-11(18)16(3)12-13-5-4-6-14-12/h4-7H,8H2,1-3H3. The zero-order chi connectivity index (χ0) is 13.1. The van der Waals surface area contributed by atoms with E-state index in [4.69, 9.17) is 0 Å². The molecule has 6 heteroatoms. The number of aryl methyl sites for hydroxylation is 2. The molecule has 18 heavy (non-hydrogen) atoms. The van der Waals surface area contributed by atoms with E-state index in [1.807, 2.05) is 19.9 Å². The molecule has 2 aromatic rings.